The van der Waals surface area contributed by atoms with Crippen molar-refractivity contribution in [2.75, 3.05) is 36.5 Å². The van der Waals surface area contributed by atoms with Crippen LogP contribution in [0.3, 0.4) is 0 Å². The van der Waals surface area contributed by atoms with Gasteiger partial charge in [-0.05, 0) is 50.9 Å². The molecule has 2 saturated heterocycles. The van der Waals surface area contributed by atoms with Crippen LogP contribution < -0.4 is 10.6 Å². The van der Waals surface area contributed by atoms with E-state index in [-0.39, 0.29) is 17.7 Å². The van der Waals surface area contributed by atoms with Gasteiger partial charge in [-0.15, -0.1) is 0 Å². The van der Waals surface area contributed by atoms with Crippen molar-refractivity contribution in [3.8, 4) is 0 Å². The topological polar surface area (TPSA) is 61.4 Å². The summed E-state index contributed by atoms with van der Waals surface area (Å²) in [6, 6.07) is 5.98. The van der Waals surface area contributed by atoms with Crippen molar-refractivity contribution >= 4 is 29.3 Å². The number of amides is 2. The number of benzene rings is 1. The van der Waals surface area contributed by atoms with Gasteiger partial charge in [-0.2, -0.15) is 11.8 Å². The molecule has 6 heteroatoms. The molecule has 0 radical (unpaired) electrons. The number of thioether (sulfide) groups is 1. The van der Waals surface area contributed by atoms with Crippen molar-refractivity contribution in [3.63, 3.8) is 0 Å². The maximum absolute atomic E-state index is 12.8. The minimum absolute atomic E-state index is 0.0362. The molecule has 2 amide bonds. The van der Waals surface area contributed by atoms with Gasteiger partial charge >= 0.3 is 0 Å². The molecule has 0 aliphatic carbocycles. The first-order valence-corrected chi connectivity index (χ1v) is 10.2. The number of carbonyl (C=O) groups is 2. The largest absolute Gasteiger partial charge is 0.337 e. The van der Waals surface area contributed by atoms with Crippen molar-refractivity contribution in [1.29, 1.82) is 0 Å². The fourth-order valence-electron chi connectivity index (χ4n) is 3.54. The van der Waals surface area contributed by atoms with E-state index in [0.717, 1.165) is 55.2 Å². The molecule has 2 N–H and O–H groups in total. The third-order valence-corrected chi connectivity index (χ3v) is 6.06. The zero-order valence-electron chi connectivity index (χ0n) is 15.0. The molecule has 2 atom stereocenters. The molecular formula is C19H27N3O2S. The van der Waals surface area contributed by atoms with E-state index in [0.29, 0.717) is 11.6 Å². The standard InChI is InChI=1S/C19H27N3O2S/c1-13-12-15(6-7-20-13)18(23)21-17-5-3-4-16(14(17)2)19(24)22-8-10-25-11-9-22/h3-5,13,15,20H,6-12H2,1-2H3,(H,21,23)/t13-,15-/m0/s1. The molecule has 3 rings (SSSR count). The minimum atomic E-state index is 0.0362. The summed E-state index contributed by atoms with van der Waals surface area (Å²) in [5.41, 5.74) is 2.32. The summed E-state index contributed by atoms with van der Waals surface area (Å²) in [5, 5.41) is 6.43. The number of carbonyl (C=O) groups excluding carboxylic acids is 2. The molecule has 2 aliphatic rings. The second-order valence-electron chi connectivity index (χ2n) is 6.95. The molecule has 1 aromatic carbocycles. The van der Waals surface area contributed by atoms with Crippen LogP contribution in [0.4, 0.5) is 5.69 Å². The van der Waals surface area contributed by atoms with Crippen LogP contribution in [-0.2, 0) is 4.79 Å². The summed E-state index contributed by atoms with van der Waals surface area (Å²) >= 11 is 1.89. The summed E-state index contributed by atoms with van der Waals surface area (Å²) in [5.74, 6) is 2.17. The highest BCUT2D eigenvalue weighted by molar-refractivity contribution is 7.99. The van der Waals surface area contributed by atoms with E-state index < -0.39 is 0 Å². The lowest BCUT2D eigenvalue weighted by atomic mass is 9.92. The first-order valence-electron chi connectivity index (χ1n) is 9.07. The van der Waals surface area contributed by atoms with Gasteiger partial charge in [-0.1, -0.05) is 6.07 Å². The SMILES string of the molecule is Cc1c(NC(=O)[C@H]2CCN[C@@H](C)C2)cccc1C(=O)N1CCSCC1. The van der Waals surface area contributed by atoms with Crippen LogP contribution in [0.25, 0.3) is 0 Å². The molecule has 25 heavy (non-hydrogen) atoms. The molecule has 2 aliphatic heterocycles. The van der Waals surface area contributed by atoms with E-state index in [1.165, 1.54) is 0 Å². The molecule has 0 spiro atoms. The molecule has 2 fully saturated rings. The van der Waals surface area contributed by atoms with Crippen LogP contribution in [0.2, 0.25) is 0 Å². The minimum Gasteiger partial charge on any atom is -0.337 e. The number of anilines is 1. The Bertz CT molecular complexity index is 644. The number of hydrogen-bond donors (Lipinski definition) is 2. The second kappa shape index (κ2) is 8.23. The zero-order chi connectivity index (χ0) is 17.8. The molecule has 0 bridgehead atoms. The Morgan fingerprint density at radius 3 is 2.76 bits per heavy atom. The van der Waals surface area contributed by atoms with Gasteiger partial charge in [0.15, 0.2) is 0 Å². The van der Waals surface area contributed by atoms with Gasteiger partial charge in [0.25, 0.3) is 5.91 Å². The predicted molar refractivity (Wildman–Crippen MR) is 103 cm³/mol. The van der Waals surface area contributed by atoms with Crippen molar-refractivity contribution in [2.24, 2.45) is 5.92 Å². The molecule has 5 nitrogen and oxygen atoms in total. The Morgan fingerprint density at radius 1 is 1.28 bits per heavy atom. The van der Waals surface area contributed by atoms with E-state index in [9.17, 15) is 9.59 Å². The fourth-order valence-corrected chi connectivity index (χ4v) is 4.45. The van der Waals surface area contributed by atoms with Crippen LogP contribution in [0.5, 0.6) is 0 Å². The van der Waals surface area contributed by atoms with Crippen LogP contribution in [0.15, 0.2) is 18.2 Å². The third kappa shape index (κ3) is 4.36. The highest BCUT2D eigenvalue weighted by atomic mass is 32.2. The summed E-state index contributed by atoms with van der Waals surface area (Å²) in [6.45, 7) is 6.51. The Hall–Kier alpha value is -1.53. The number of nitrogens with zero attached hydrogens (tertiary/aromatic N) is 1. The van der Waals surface area contributed by atoms with Gasteiger partial charge in [0, 0.05) is 47.8 Å². The van der Waals surface area contributed by atoms with Gasteiger partial charge in [0.05, 0.1) is 0 Å². The van der Waals surface area contributed by atoms with Crippen molar-refractivity contribution in [2.45, 2.75) is 32.7 Å². The van der Waals surface area contributed by atoms with Crippen LogP contribution in [-0.4, -0.2) is 53.9 Å². The lowest BCUT2D eigenvalue weighted by Gasteiger charge is -2.28. The lowest BCUT2D eigenvalue weighted by Crippen LogP contribution is -2.40. The Morgan fingerprint density at radius 2 is 2.04 bits per heavy atom. The van der Waals surface area contributed by atoms with Gasteiger partial charge < -0.3 is 15.5 Å². The molecule has 1 aromatic rings. The molecule has 0 saturated carbocycles. The highest BCUT2D eigenvalue weighted by Crippen LogP contribution is 2.24. The highest BCUT2D eigenvalue weighted by Gasteiger charge is 2.26. The summed E-state index contributed by atoms with van der Waals surface area (Å²) in [6.07, 6.45) is 1.72. The van der Waals surface area contributed by atoms with E-state index in [2.05, 4.69) is 17.6 Å². The monoisotopic (exact) mass is 361 g/mol. The number of hydrogen-bond acceptors (Lipinski definition) is 4. The second-order valence-corrected chi connectivity index (χ2v) is 8.17. The van der Waals surface area contributed by atoms with E-state index in [1.807, 2.05) is 41.8 Å². The predicted octanol–water partition coefficient (Wildman–Crippen LogP) is 2.51. The summed E-state index contributed by atoms with van der Waals surface area (Å²) in [4.78, 5) is 27.3. The van der Waals surface area contributed by atoms with Crippen molar-refractivity contribution < 1.29 is 9.59 Å². The van der Waals surface area contributed by atoms with E-state index >= 15 is 0 Å². The Labute approximate surface area is 153 Å². The smallest absolute Gasteiger partial charge is 0.254 e. The van der Waals surface area contributed by atoms with E-state index in [1.54, 1.807) is 0 Å². The summed E-state index contributed by atoms with van der Waals surface area (Å²) in [7, 11) is 0. The quantitative estimate of drug-likeness (QED) is 0.868. The number of piperidine rings is 1. The maximum Gasteiger partial charge on any atom is 0.254 e. The summed E-state index contributed by atoms with van der Waals surface area (Å²) < 4.78 is 0. The lowest BCUT2D eigenvalue weighted by molar-refractivity contribution is -0.120. The van der Waals surface area contributed by atoms with Gasteiger partial charge in [0.2, 0.25) is 5.91 Å². The third-order valence-electron chi connectivity index (χ3n) is 5.11. The maximum atomic E-state index is 12.8. The first kappa shape index (κ1) is 18.3. The first-order chi connectivity index (χ1) is 12.1. The average Bonchev–Trinajstić information content (AvgIpc) is 2.63. The van der Waals surface area contributed by atoms with Crippen molar-refractivity contribution in [1.82, 2.24) is 10.2 Å². The normalized spacial score (nSPS) is 24.0. The molecule has 2 heterocycles. The number of rotatable bonds is 3. The van der Waals surface area contributed by atoms with Gasteiger partial charge in [-0.25, -0.2) is 0 Å². The molecular weight excluding hydrogens is 334 g/mol. The average molecular weight is 362 g/mol. The fraction of sp³-hybridized carbons (Fsp3) is 0.579. The van der Waals surface area contributed by atoms with Crippen LogP contribution in [0, 0.1) is 12.8 Å². The van der Waals surface area contributed by atoms with Crippen LogP contribution >= 0.6 is 11.8 Å². The zero-order valence-corrected chi connectivity index (χ0v) is 15.8. The molecule has 136 valence electrons. The van der Waals surface area contributed by atoms with Crippen LogP contribution in [0.1, 0.15) is 35.7 Å². The molecule has 0 aromatic heterocycles. The van der Waals surface area contributed by atoms with Gasteiger partial charge in [0.1, 0.15) is 0 Å². The molecule has 0 unspecified atom stereocenters. The Kier molecular flexibility index (Phi) is 6.02. The Balaban J connectivity index is 1.72. The number of nitrogens with one attached hydrogen (secondary N) is 2. The van der Waals surface area contributed by atoms with Crippen molar-refractivity contribution in [3.05, 3.63) is 29.3 Å². The van der Waals surface area contributed by atoms with Gasteiger partial charge in [-0.3, -0.25) is 9.59 Å². The van der Waals surface area contributed by atoms with E-state index in [4.69, 9.17) is 0 Å².